The highest BCUT2D eigenvalue weighted by atomic mass is 16.1. The molecular weight excluding hydrogens is 164 g/mol. The van der Waals surface area contributed by atoms with Gasteiger partial charge in [-0.05, 0) is 32.2 Å². The van der Waals surface area contributed by atoms with Crippen molar-refractivity contribution in [2.75, 3.05) is 13.1 Å². The van der Waals surface area contributed by atoms with E-state index in [1.165, 1.54) is 0 Å². The first-order valence-corrected chi connectivity index (χ1v) is 5.24. The summed E-state index contributed by atoms with van der Waals surface area (Å²) in [5.74, 6) is 0.389. The van der Waals surface area contributed by atoms with Crippen molar-refractivity contribution in [3.8, 4) is 0 Å². The van der Waals surface area contributed by atoms with Crippen LogP contribution in [0.5, 0.6) is 0 Å². The zero-order chi connectivity index (χ0) is 10.1. The lowest BCUT2D eigenvalue weighted by molar-refractivity contribution is -0.125. The maximum atomic E-state index is 11.4. The van der Waals surface area contributed by atoms with Gasteiger partial charge in [-0.15, -0.1) is 0 Å². The van der Waals surface area contributed by atoms with E-state index < -0.39 is 0 Å². The van der Waals surface area contributed by atoms with Gasteiger partial charge in [0.15, 0.2) is 0 Å². The summed E-state index contributed by atoms with van der Waals surface area (Å²) in [4.78, 5) is 11.4. The Bertz CT molecular complexity index is 133. The molecule has 0 spiro atoms. The van der Waals surface area contributed by atoms with Crippen molar-refractivity contribution >= 4 is 5.91 Å². The summed E-state index contributed by atoms with van der Waals surface area (Å²) >= 11 is 0. The summed E-state index contributed by atoms with van der Waals surface area (Å²) in [6.07, 6.45) is 3.84. The standard InChI is InChI=1S/C10H22N2O/c1-3-9(4-2)10(13)12-8-6-5-7-11/h9H,3-8,11H2,1-2H3,(H,12,13). The average molecular weight is 186 g/mol. The van der Waals surface area contributed by atoms with E-state index in [1.54, 1.807) is 0 Å². The molecular formula is C10H22N2O. The molecule has 78 valence electrons. The molecule has 0 aliphatic heterocycles. The number of hydrogen-bond acceptors (Lipinski definition) is 2. The Labute approximate surface area is 81.1 Å². The SMILES string of the molecule is CCC(CC)C(=O)NCCCCN. The zero-order valence-electron chi connectivity index (χ0n) is 8.81. The summed E-state index contributed by atoms with van der Waals surface area (Å²) in [5.41, 5.74) is 5.34. The molecule has 3 nitrogen and oxygen atoms in total. The molecule has 1 amide bonds. The lowest BCUT2D eigenvalue weighted by Crippen LogP contribution is -2.31. The first kappa shape index (κ1) is 12.4. The number of amides is 1. The number of carbonyl (C=O) groups excluding carboxylic acids is 1. The summed E-state index contributed by atoms with van der Waals surface area (Å²) in [6, 6.07) is 0. The fourth-order valence-corrected chi connectivity index (χ4v) is 1.28. The predicted octanol–water partition coefficient (Wildman–Crippen LogP) is 1.28. The summed E-state index contributed by atoms with van der Waals surface area (Å²) < 4.78 is 0. The Morgan fingerprint density at radius 1 is 1.31 bits per heavy atom. The van der Waals surface area contributed by atoms with E-state index in [9.17, 15) is 4.79 Å². The lowest BCUT2D eigenvalue weighted by Gasteiger charge is -2.12. The molecule has 0 aromatic heterocycles. The number of nitrogens with two attached hydrogens (primary N) is 1. The second kappa shape index (κ2) is 8.05. The van der Waals surface area contributed by atoms with Crippen molar-refractivity contribution in [1.29, 1.82) is 0 Å². The number of carbonyl (C=O) groups is 1. The van der Waals surface area contributed by atoms with Crippen LogP contribution >= 0.6 is 0 Å². The minimum absolute atomic E-state index is 0.192. The predicted molar refractivity (Wildman–Crippen MR) is 55.4 cm³/mol. The maximum Gasteiger partial charge on any atom is 0.223 e. The third-order valence-electron chi connectivity index (χ3n) is 2.29. The fourth-order valence-electron chi connectivity index (χ4n) is 1.28. The molecule has 13 heavy (non-hydrogen) atoms. The molecule has 0 heterocycles. The quantitative estimate of drug-likeness (QED) is 0.588. The van der Waals surface area contributed by atoms with Crippen LogP contribution in [0.15, 0.2) is 0 Å². The van der Waals surface area contributed by atoms with Gasteiger partial charge in [0.2, 0.25) is 5.91 Å². The molecule has 0 fully saturated rings. The van der Waals surface area contributed by atoms with E-state index in [0.29, 0.717) is 6.54 Å². The van der Waals surface area contributed by atoms with E-state index in [-0.39, 0.29) is 11.8 Å². The lowest BCUT2D eigenvalue weighted by atomic mass is 10.0. The summed E-state index contributed by atoms with van der Waals surface area (Å²) in [6.45, 7) is 5.58. The van der Waals surface area contributed by atoms with Crippen LogP contribution in [0.2, 0.25) is 0 Å². The van der Waals surface area contributed by atoms with Gasteiger partial charge in [0.25, 0.3) is 0 Å². The van der Waals surface area contributed by atoms with Gasteiger partial charge in [0.1, 0.15) is 0 Å². The van der Waals surface area contributed by atoms with Crippen LogP contribution < -0.4 is 11.1 Å². The van der Waals surface area contributed by atoms with Crippen LogP contribution in [0, 0.1) is 5.92 Å². The topological polar surface area (TPSA) is 55.1 Å². The molecule has 0 unspecified atom stereocenters. The van der Waals surface area contributed by atoms with Crippen molar-refractivity contribution in [3.05, 3.63) is 0 Å². The number of unbranched alkanes of at least 4 members (excludes halogenated alkanes) is 1. The molecule has 0 aliphatic rings. The molecule has 0 atom stereocenters. The van der Waals surface area contributed by atoms with Gasteiger partial charge in [-0.2, -0.15) is 0 Å². The Balaban J connectivity index is 3.48. The van der Waals surface area contributed by atoms with Gasteiger partial charge in [0, 0.05) is 12.5 Å². The fraction of sp³-hybridized carbons (Fsp3) is 0.900. The zero-order valence-corrected chi connectivity index (χ0v) is 8.81. The van der Waals surface area contributed by atoms with Crippen molar-refractivity contribution < 1.29 is 4.79 Å². The van der Waals surface area contributed by atoms with E-state index in [2.05, 4.69) is 5.32 Å². The van der Waals surface area contributed by atoms with Gasteiger partial charge < -0.3 is 11.1 Å². The van der Waals surface area contributed by atoms with Crippen LogP contribution in [0.1, 0.15) is 39.5 Å². The largest absolute Gasteiger partial charge is 0.356 e. The summed E-state index contributed by atoms with van der Waals surface area (Å²) in [7, 11) is 0. The van der Waals surface area contributed by atoms with E-state index in [4.69, 9.17) is 5.73 Å². The number of nitrogens with one attached hydrogen (secondary N) is 1. The maximum absolute atomic E-state index is 11.4. The van der Waals surface area contributed by atoms with Gasteiger partial charge in [-0.1, -0.05) is 13.8 Å². The van der Waals surface area contributed by atoms with Crippen LogP contribution in [0.25, 0.3) is 0 Å². The molecule has 0 rings (SSSR count). The van der Waals surface area contributed by atoms with Crippen LogP contribution in [-0.2, 0) is 4.79 Å². The second-order valence-electron chi connectivity index (χ2n) is 3.30. The normalized spacial score (nSPS) is 10.5. The number of hydrogen-bond donors (Lipinski definition) is 2. The van der Waals surface area contributed by atoms with Crippen molar-refractivity contribution in [2.24, 2.45) is 11.7 Å². The first-order chi connectivity index (χ1) is 6.26. The van der Waals surface area contributed by atoms with Crippen molar-refractivity contribution in [1.82, 2.24) is 5.32 Å². The Hall–Kier alpha value is -0.570. The van der Waals surface area contributed by atoms with Gasteiger partial charge in [-0.25, -0.2) is 0 Å². The monoisotopic (exact) mass is 186 g/mol. The third kappa shape index (κ3) is 5.64. The highest BCUT2D eigenvalue weighted by Gasteiger charge is 2.12. The second-order valence-corrected chi connectivity index (χ2v) is 3.30. The third-order valence-corrected chi connectivity index (χ3v) is 2.29. The van der Waals surface area contributed by atoms with Crippen LogP contribution in [-0.4, -0.2) is 19.0 Å². The highest BCUT2D eigenvalue weighted by Crippen LogP contribution is 2.06. The minimum Gasteiger partial charge on any atom is -0.356 e. The molecule has 0 bridgehead atoms. The number of rotatable bonds is 7. The molecule has 3 N–H and O–H groups in total. The summed E-state index contributed by atoms with van der Waals surface area (Å²) in [5, 5.41) is 2.92. The molecule has 0 aliphatic carbocycles. The smallest absolute Gasteiger partial charge is 0.223 e. The van der Waals surface area contributed by atoms with Crippen LogP contribution in [0.4, 0.5) is 0 Å². The molecule has 0 aromatic rings. The van der Waals surface area contributed by atoms with E-state index in [0.717, 1.165) is 32.2 Å². The van der Waals surface area contributed by atoms with E-state index >= 15 is 0 Å². The molecule has 0 radical (unpaired) electrons. The van der Waals surface area contributed by atoms with Gasteiger partial charge >= 0.3 is 0 Å². The van der Waals surface area contributed by atoms with Crippen LogP contribution in [0.3, 0.4) is 0 Å². The molecule has 0 saturated carbocycles. The van der Waals surface area contributed by atoms with Crippen molar-refractivity contribution in [3.63, 3.8) is 0 Å². The molecule has 3 heteroatoms. The Morgan fingerprint density at radius 3 is 2.38 bits per heavy atom. The Kier molecular flexibility index (Phi) is 7.69. The highest BCUT2D eigenvalue weighted by molar-refractivity contribution is 5.78. The Morgan fingerprint density at radius 2 is 1.92 bits per heavy atom. The minimum atomic E-state index is 0.192. The average Bonchev–Trinajstić information content (AvgIpc) is 2.14. The van der Waals surface area contributed by atoms with E-state index in [1.807, 2.05) is 13.8 Å². The molecule has 0 saturated heterocycles. The molecule has 0 aromatic carbocycles. The first-order valence-electron chi connectivity index (χ1n) is 5.24. The van der Waals surface area contributed by atoms with Gasteiger partial charge in [0.05, 0.1) is 0 Å². The van der Waals surface area contributed by atoms with Crippen molar-refractivity contribution in [2.45, 2.75) is 39.5 Å². The van der Waals surface area contributed by atoms with Gasteiger partial charge in [-0.3, -0.25) is 4.79 Å².